The van der Waals surface area contributed by atoms with Crippen LogP contribution in [0.2, 0.25) is 0 Å². The molecule has 0 saturated carbocycles. The Morgan fingerprint density at radius 2 is 1.70 bits per heavy atom. The molecule has 5 heteroatoms. The molecule has 0 saturated heterocycles. The average Bonchev–Trinajstić information content (AvgIpc) is 2.87. The zero-order valence-electron chi connectivity index (χ0n) is 19.3. The molecule has 172 valence electrons. The topological polar surface area (TPSA) is 47.6 Å². The van der Waals surface area contributed by atoms with Crippen LogP contribution in [0.5, 0.6) is 11.5 Å². The molecule has 4 nitrogen and oxygen atoms in total. The summed E-state index contributed by atoms with van der Waals surface area (Å²) in [6, 6.07) is 25.6. The Morgan fingerprint density at radius 3 is 2.42 bits per heavy atom. The second-order valence-electron chi connectivity index (χ2n) is 8.29. The van der Waals surface area contributed by atoms with Gasteiger partial charge in [0.15, 0.2) is 0 Å². The van der Waals surface area contributed by atoms with Crippen molar-refractivity contribution in [2.24, 2.45) is 0 Å². The third-order valence-corrected chi connectivity index (χ3v) is 7.25. The monoisotopic (exact) mass is 461 g/mol. The SMILES string of the molecule is CCC1(CC)CC(NC(=O)c2ccc(OCCSc3ccccc3)cc2)c2ccccc2O1. The van der Waals surface area contributed by atoms with Crippen LogP contribution >= 0.6 is 11.8 Å². The first-order valence-electron chi connectivity index (χ1n) is 11.6. The molecule has 3 aromatic rings. The zero-order chi connectivity index (χ0) is 23.1. The van der Waals surface area contributed by atoms with Crippen LogP contribution < -0.4 is 14.8 Å². The maximum atomic E-state index is 13.0. The lowest BCUT2D eigenvalue weighted by molar-refractivity contribution is 0.0227. The number of nitrogens with one attached hydrogen (secondary N) is 1. The summed E-state index contributed by atoms with van der Waals surface area (Å²) in [5.41, 5.74) is 1.42. The standard InChI is InChI=1S/C28H31NO3S/c1-3-28(4-2)20-25(24-12-8-9-13-26(24)32-28)29-27(30)21-14-16-22(17-15-21)31-18-19-33-23-10-6-5-7-11-23/h5-17,25H,3-4,18-20H2,1-2H3,(H,29,30). The van der Waals surface area contributed by atoms with Crippen LogP contribution in [-0.4, -0.2) is 23.9 Å². The van der Waals surface area contributed by atoms with E-state index in [9.17, 15) is 4.79 Å². The summed E-state index contributed by atoms with van der Waals surface area (Å²) in [5, 5.41) is 3.24. The molecular weight excluding hydrogens is 430 g/mol. The Labute approximate surface area is 200 Å². The molecule has 4 rings (SSSR count). The lowest BCUT2D eigenvalue weighted by atomic mass is 9.83. The highest BCUT2D eigenvalue weighted by molar-refractivity contribution is 7.99. The predicted molar refractivity (Wildman–Crippen MR) is 134 cm³/mol. The first-order valence-corrected chi connectivity index (χ1v) is 12.6. The van der Waals surface area contributed by atoms with Gasteiger partial charge >= 0.3 is 0 Å². The summed E-state index contributed by atoms with van der Waals surface area (Å²) < 4.78 is 12.2. The average molecular weight is 462 g/mol. The van der Waals surface area contributed by atoms with Crippen LogP contribution in [0.1, 0.15) is 55.1 Å². The number of carbonyl (C=O) groups is 1. The first kappa shape index (κ1) is 23.2. The van der Waals surface area contributed by atoms with Crippen molar-refractivity contribution in [1.82, 2.24) is 5.32 Å². The van der Waals surface area contributed by atoms with Gasteiger partial charge in [-0.2, -0.15) is 0 Å². The van der Waals surface area contributed by atoms with Gasteiger partial charge in [0.25, 0.3) is 5.91 Å². The van der Waals surface area contributed by atoms with Crippen LogP contribution in [0.4, 0.5) is 0 Å². The van der Waals surface area contributed by atoms with Gasteiger partial charge in [0.1, 0.15) is 17.1 Å². The molecular formula is C28H31NO3S. The van der Waals surface area contributed by atoms with E-state index in [1.165, 1.54) is 4.90 Å². The Hall–Kier alpha value is -2.92. The predicted octanol–water partition coefficient (Wildman–Crippen LogP) is 6.67. The highest BCUT2D eigenvalue weighted by Crippen LogP contribution is 2.42. The molecule has 33 heavy (non-hydrogen) atoms. The quantitative estimate of drug-likeness (QED) is 0.286. The molecule has 1 heterocycles. The van der Waals surface area contributed by atoms with Gasteiger partial charge in [0.2, 0.25) is 0 Å². The molecule has 0 spiro atoms. The molecule has 1 N–H and O–H groups in total. The third kappa shape index (κ3) is 5.72. The van der Waals surface area contributed by atoms with Gasteiger partial charge in [0.05, 0.1) is 12.6 Å². The number of rotatable bonds is 9. The molecule has 0 aromatic heterocycles. The maximum Gasteiger partial charge on any atom is 0.251 e. The summed E-state index contributed by atoms with van der Waals surface area (Å²) >= 11 is 1.77. The fourth-order valence-corrected chi connectivity index (χ4v) is 4.96. The van der Waals surface area contributed by atoms with E-state index in [1.807, 2.05) is 66.7 Å². The minimum Gasteiger partial charge on any atom is -0.493 e. The maximum absolute atomic E-state index is 13.0. The number of benzene rings is 3. The van der Waals surface area contributed by atoms with Crippen LogP contribution in [0, 0.1) is 0 Å². The van der Waals surface area contributed by atoms with Crippen LogP contribution in [0.15, 0.2) is 83.8 Å². The smallest absolute Gasteiger partial charge is 0.251 e. The van der Waals surface area contributed by atoms with Crippen LogP contribution in [0.3, 0.4) is 0 Å². The minimum absolute atomic E-state index is 0.0757. The van der Waals surface area contributed by atoms with E-state index in [0.717, 1.165) is 42.1 Å². The van der Waals surface area contributed by atoms with E-state index in [-0.39, 0.29) is 17.6 Å². The third-order valence-electron chi connectivity index (χ3n) is 6.27. The summed E-state index contributed by atoms with van der Waals surface area (Å²) in [4.78, 5) is 14.3. The molecule has 0 bridgehead atoms. The zero-order valence-corrected chi connectivity index (χ0v) is 20.1. The minimum atomic E-state index is -0.248. The molecule has 1 atom stereocenters. The van der Waals surface area contributed by atoms with Gasteiger partial charge in [0, 0.05) is 28.2 Å². The second kappa shape index (κ2) is 10.8. The highest BCUT2D eigenvalue weighted by Gasteiger charge is 2.38. The van der Waals surface area contributed by atoms with Crippen molar-refractivity contribution in [1.29, 1.82) is 0 Å². The molecule has 1 aliphatic rings. The number of ether oxygens (including phenoxy) is 2. The van der Waals surface area contributed by atoms with Crippen molar-refractivity contribution in [3.8, 4) is 11.5 Å². The molecule has 0 fully saturated rings. The summed E-state index contributed by atoms with van der Waals surface area (Å²) in [7, 11) is 0. The summed E-state index contributed by atoms with van der Waals surface area (Å²) in [6.07, 6.45) is 2.57. The van der Waals surface area contributed by atoms with E-state index in [2.05, 4.69) is 31.3 Å². The van der Waals surface area contributed by atoms with Crippen molar-refractivity contribution in [2.45, 2.75) is 49.6 Å². The van der Waals surface area contributed by atoms with Gasteiger partial charge in [-0.3, -0.25) is 4.79 Å². The van der Waals surface area contributed by atoms with E-state index < -0.39 is 0 Å². The van der Waals surface area contributed by atoms with E-state index >= 15 is 0 Å². The van der Waals surface area contributed by atoms with Crippen molar-refractivity contribution < 1.29 is 14.3 Å². The molecule has 0 radical (unpaired) electrons. The van der Waals surface area contributed by atoms with Gasteiger partial charge in [-0.05, 0) is 55.3 Å². The normalized spacial score (nSPS) is 16.4. The first-order chi connectivity index (χ1) is 16.1. The van der Waals surface area contributed by atoms with Crippen LogP contribution in [-0.2, 0) is 0 Å². The van der Waals surface area contributed by atoms with Crippen molar-refractivity contribution in [3.63, 3.8) is 0 Å². The van der Waals surface area contributed by atoms with Gasteiger partial charge in [-0.25, -0.2) is 0 Å². The van der Waals surface area contributed by atoms with Crippen molar-refractivity contribution in [2.75, 3.05) is 12.4 Å². The second-order valence-corrected chi connectivity index (χ2v) is 9.46. The Kier molecular flexibility index (Phi) is 7.61. The number of thioether (sulfide) groups is 1. The van der Waals surface area contributed by atoms with Gasteiger partial charge in [-0.1, -0.05) is 50.2 Å². The Bertz CT molecular complexity index is 1050. The Morgan fingerprint density at radius 1 is 1.00 bits per heavy atom. The Balaban J connectivity index is 1.35. The number of carbonyl (C=O) groups excluding carboxylic acids is 1. The molecule has 1 unspecified atom stereocenters. The fourth-order valence-electron chi connectivity index (χ4n) is 4.21. The largest absolute Gasteiger partial charge is 0.493 e. The summed E-state index contributed by atoms with van der Waals surface area (Å²) in [5.74, 6) is 2.43. The number of para-hydroxylation sites is 1. The van der Waals surface area contributed by atoms with Gasteiger partial charge < -0.3 is 14.8 Å². The highest BCUT2D eigenvalue weighted by atomic mass is 32.2. The van der Waals surface area contributed by atoms with E-state index in [1.54, 1.807) is 11.8 Å². The molecule has 1 aliphatic heterocycles. The lowest BCUT2D eigenvalue weighted by Gasteiger charge is -2.41. The lowest BCUT2D eigenvalue weighted by Crippen LogP contribution is -2.44. The van der Waals surface area contributed by atoms with E-state index in [4.69, 9.17) is 9.47 Å². The fraction of sp³-hybridized carbons (Fsp3) is 0.321. The molecule has 3 aromatic carbocycles. The number of amides is 1. The van der Waals surface area contributed by atoms with Crippen molar-refractivity contribution >= 4 is 17.7 Å². The van der Waals surface area contributed by atoms with E-state index in [0.29, 0.717) is 12.2 Å². The molecule has 1 amide bonds. The number of fused-ring (bicyclic) bond motifs is 1. The number of hydrogen-bond acceptors (Lipinski definition) is 4. The summed E-state index contributed by atoms with van der Waals surface area (Å²) in [6.45, 7) is 4.90. The van der Waals surface area contributed by atoms with Crippen LogP contribution in [0.25, 0.3) is 0 Å². The van der Waals surface area contributed by atoms with Crippen molar-refractivity contribution in [3.05, 3.63) is 90.0 Å². The van der Waals surface area contributed by atoms with Gasteiger partial charge in [-0.15, -0.1) is 11.8 Å². The number of hydrogen-bond donors (Lipinski definition) is 1. The molecule has 0 aliphatic carbocycles.